The number of hydrogen-bond acceptors (Lipinski definition) is 3. The van der Waals surface area contributed by atoms with Gasteiger partial charge in [-0.1, -0.05) is 13.8 Å². The minimum atomic E-state index is -1.72. The van der Waals surface area contributed by atoms with Crippen LogP contribution in [0.25, 0.3) is 0 Å². The molecule has 1 N–H and O–H groups in total. The van der Waals surface area contributed by atoms with Gasteiger partial charge in [0.2, 0.25) is 0 Å². The number of nitro groups is 1. The van der Waals surface area contributed by atoms with Crippen LogP contribution in [0.1, 0.15) is 20.3 Å². The van der Waals surface area contributed by atoms with Crippen molar-refractivity contribution >= 4 is 5.97 Å². The number of rotatable bonds is 2. The van der Waals surface area contributed by atoms with E-state index in [1.54, 1.807) is 13.8 Å². The fourth-order valence-electron chi connectivity index (χ4n) is 1.35. The van der Waals surface area contributed by atoms with E-state index in [9.17, 15) is 14.9 Å². The Bertz CT molecular complexity index is 219. The monoisotopic (exact) mass is 159 g/mol. The van der Waals surface area contributed by atoms with Crippen molar-refractivity contribution in [1.82, 2.24) is 0 Å². The Balaban J connectivity index is 2.98. The first-order valence-corrected chi connectivity index (χ1v) is 3.22. The van der Waals surface area contributed by atoms with Gasteiger partial charge in [0, 0.05) is 11.3 Å². The topological polar surface area (TPSA) is 80.4 Å². The molecule has 0 aromatic carbocycles. The molecule has 0 amide bonds. The molecule has 1 saturated carbocycles. The predicted molar refractivity (Wildman–Crippen MR) is 35.8 cm³/mol. The van der Waals surface area contributed by atoms with Gasteiger partial charge in [-0.2, -0.15) is 0 Å². The first-order valence-electron chi connectivity index (χ1n) is 3.22. The number of hydrogen-bond donors (Lipinski definition) is 1. The van der Waals surface area contributed by atoms with Gasteiger partial charge in [0.25, 0.3) is 0 Å². The maximum atomic E-state index is 10.5. The third-order valence-electron chi connectivity index (χ3n) is 2.36. The van der Waals surface area contributed by atoms with Crippen LogP contribution in [0, 0.1) is 15.5 Å². The number of carboxylic acids is 1. The highest BCUT2D eigenvalue weighted by Gasteiger charge is 2.78. The molecule has 5 nitrogen and oxygen atoms in total. The summed E-state index contributed by atoms with van der Waals surface area (Å²) in [5, 5.41) is 18.9. The van der Waals surface area contributed by atoms with Crippen molar-refractivity contribution < 1.29 is 14.8 Å². The van der Waals surface area contributed by atoms with E-state index in [2.05, 4.69) is 0 Å². The number of carboxylic acid groups (broad SMARTS) is 1. The fourth-order valence-corrected chi connectivity index (χ4v) is 1.35. The summed E-state index contributed by atoms with van der Waals surface area (Å²) in [6.07, 6.45) is 0.127. The Morgan fingerprint density at radius 2 is 2.00 bits per heavy atom. The standard InChI is InChI=1S/C6H9NO4/c1-5(2)3-6(5,4(8)9)7(10)11/h3H2,1-2H3,(H,8,9). The molecule has 1 atom stereocenters. The molecule has 0 aromatic rings. The Kier molecular flexibility index (Phi) is 1.25. The number of carbonyl (C=O) groups is 1. The van der Waals surface area contributed by atoms with Crippen LogP contribution in [-0.2, 0) is 4.79 Å². The molecule has 62 valence electrons. The number of nitrogens with zero attached hydrogens (tertiary/aromatic N) is 1. The third kappa shape index (κ3) is 0.735. The average molecular weight is 159 g/mol. The quantitative estimate of drug-likeness (QED) is 0.470. The Labute approximate surface area is 63.2 Å². The van der Waals surface area contributed by atoms with Crippen LogP contribution in [0.15, 0.2) is 0 Å². The molecule has 1 aliphatic rings. The second-order valence-corrected chi connectivity index (χ2v) is 3.48. The van der Waals surface area contributed by atoms with Crippen LogP contribution in [0.2, 0.25) is 0 Å². The molecular weight excluding hydrogens is 150 g/mol. The molecule has 11 heavy (non-hydrogen) atoms. The molecule has 1 unspecified atom stereocenters. The largest absolute Gasteiger partial charge is 0.476 e. The first-order chi connectivity index (χ1) is 4.84. The van der Waals surface area contributed by atoms with Gasteiger partial charge in [-0.05, 0) is 0 Å². The van der Waals surface area contributed by atoms with Gasteiger partial charge in [0.15, 0.2) is 0 Å². The van der Waals surface area contributed by atoms with E-state index in [0.717, 1.165) is 0 Å². The zero-order chi connectivity index (χ0) is 8.86. The normalized spacial score (nSPS) is 32.9. The minimum absolute atomic E-state index is 0.127. The fraction of sp³-hybridized carbons (Fsp3) is 0.833. The Morgan fingerprint density at radius 1 is 1.64 bits per heavy atom. The van der Waals surface area contributed by atoms with Crippen molar-refractivity contribution in [1.29, 1.82) is 0 Å². The van der Waals surface area contributed by atoms with Crippen LogP contribution in [0.3, 0.4) is 0 Å². The molecule has 0 radical (unpaired) electrons. The van der Waals surface area contributed by atoms with Crippen molar-refractivity contribution in [2.45, 2.75) is 25.8 Å². The minimum Gasteiger partial charge on any atom is -0.476 e. The van der Waals surface area contributed by atoms with E-state index in [1.165, 1.54) is 0 Å². The predicted octanol–water partition coefficient (Wildman–Crippen LogP) is 0.516. The molecule has 0 spiro atoms. The summed E-state index contributed by atoms with van der Waals surface area (Å²) >= 11 is 0. The van der Waals surface area contributed by atoms with Crippen molar-refractivity contribution in [2.24, 2.45) is 5.41 Å². The molecule has 1 rings (SSSR count). The van der Waals surface area contributed by atoms with Crippen LogP contribution < -0.4 is 0 Å². The lowest BCUT2D eigenvalue weighted by Gasteiger charge is -2.05. The van der Waals surface area contributed by atoms with Crippen LogP contribution in [-0.4, -0.2) is 21.5 Å². The van der Waals surface area contributed by atoms with E-state index in [0.29, 0.717) is 0 Å². The molecule has 0 bridgehead atoms. The molecular formula is C6H9NO4. The van der Waals surface area contributed by atoms with Gasteiger partial charge in [-0.3, -0.25) is 10.1 Å². The van der Waals surface area contributed by atoms with Gasteiger partial charge in [-0.25, -0.2) is 4.79 Å². The summed E-state index contributed by atoms with van der Waals surface area (Å²) in [7, 11) is 0. The highest BCUT2D eigenvalue weighted by molar-refractivity contribution is 5.82. The highest BCUT2D eigenvalue weighted by Crippen LogP contribution is 2.57. The van der Waals surface area contributed by atoms with E-state index in [1.807, 2.05) is 0 Å². The summed E-state index contributed by atoms with van der Waals surface area (Å²) in [5.74, 6) is -1.33. The smallest absolute Gasteiger partial charge is 0.382 e. The second kappa shape index (κ2) is 1.72. The molecule has 1 aliphatic carbocycles. The summed E-state index contributed by atoms with van der Waals surface area (Å²) < 4.78 is 0. The molecule has 0 aliphatic heterocycles. The molecule has 1 fully saturated rings. The van der Waals surface area contributed by atoms with Gasteiger partial charge in [0.1, 0.15) is 0 Å². The van der Waals surface area contributed by atoms with Crippen molar-refractivity contribution in [3.63, 3.8) is 0 Å². The summed E-state index contributed by atoms with van der Waals surface area (Å²) in [6, 6.07) is 0. The van der Waals surface area contributed by atoms with Crippen molar-refractivity contribution in [2.75, 3.05) is 0 Å². The SMILES string of the molecule is CC1(C)CC1(C(=O)O)[N+](=O)[O-]. The highest BCUT2D eigenvalue weighted by atomic mass is 16.6. The van der Waals surface area contributed by atoms with E-state index >= 15 is 0 Å². The summed E-state index contributed by atoms with van der Waals surface area (Å²) in [6.45, 7) is 3.17. The van der Waals surface area contributed by atoms with Crippen molar-refractivity contribution in [3.8, 4) is 0 Å². The molecule has 5 heteroatoms. The lowest BCUT2D eigenvalue weighted by Crippen LogP contribution is -2.36. The van der Waals surface area contributed by atoms with E-state index < -0.39 is 21.8 Å². The van der Waals surface area contributed by atoms with Crippen LogP contribution in [0.5, 0.6) is 0 Å². The lowest BCUT2D eigenvalue weighted by atomic mass is 10.1. The molecule has 0 saturated heterocycles. The summed E-state index contributed by atoms with van der Waals surface area (Å²) in [5.41, 5.74) is -2.41. The Morgan fingerprint density at radius 3 is 2.00 bits per heavy atom. The van der Waals surface area contributed by atoms with Crippen molar-refractivity contribution in [3.05, 3.63) is 10.1 Å². The zero-order valence-electron chi connectivity index (χ0n) is 6.33. The van der Waals surface area contributed by atoms with Gasteiger partial charge < -0.3 is 5.11 Å². The zero-order valence-corrected chi connectivity index (χ0v) is 6.33. The van der Waals surface area contributed by atoms with Gasteiger partial charge in [0.05, 0.1) is 5.41 Å². The van der Waals surface area contributed by atoms with Crippen LogP contribution in [0.4, 0.5) is 0 Å². The van der Waals surface area contributed by atoms with E-state index in [4.69, 9.17) is 5.11 Å². The number of aliphatic carboxylic acids is 1. The first kappa shape index (κ1) is 7.97. The maximum Gasteiger partial charge on any atom is 0.382 e. The second-order valence-electron chi connectivity index (χ2n) is 3.48. The lowest BCUT2D eigenvalue weighted by molar-refractivity contribution is -0.532. The van der Waals surface area contributed by atoms with E-state index in [-0.39, 0.29) is 6.42 Å². The average Bonchev–Trinajstić information content (AvgIpc) is 2.35. The molecule has 0 aromatic heterocycles. The maximum absolute atomic E-state index is 10.5. The van der Waals surface area contributed by atoms with Gasteiger partial charge >= 0.3 is 11.5 Å². The third-order valence-corrected chi connectivity index (χ3v) is 2.36. The molecule has 0 heterocycles. The summed E-state index contributed by atoms with van der Waals surface area (Å²) in [4.78, 5) is 20.2. The van der Waals surface area contributed by atoms with Crippen LogP contribution >= 0.6 is 0 Å². The van der Waals surface area contributed by atoms with Gasteiger partial charge in [-0.15, -0.1) is 0 Å². The Hall–Kier alpha value is -1.13.